The van der Waals surface area contributed by atoms with Gasteiger partial charge in [0.1, 0.15) is 22.8 Å². The van der Waals surface area contributed by atoms with Gasteiger partial charge in [0, 0.05) is 25.2 Å². The fraction of sp³-hybridized carbons (Fsp3) is 0.452. The Balaban J connectivity index is 1.29. The van der Waals surface area contributed by atoms with E-state index in [1.54, 1.807) is 97.2 Å². The largest absolute Gasteiger partial charge is 0.497 e. The van der Waals surface area contributed by atoms with E-state index in [1.807, 2.05) is 12.1 Å². The summed E-state index contributed by atoms with van der Waals surface area (Å²) in [4.78, 5) is 87.7. The Kier molecular flexibility index (Phi) is 13.0. The Morgan fingerprint density at radius 1 is 0.845 bits per heavy atom. The van der Waals surface area contributed by atoms with Crippen LogP contribution in [0.3, 0.4) is 0 Å². The van der Waals surface area contributed by atoms with Crippen molar-refractivity contribution in [2.75, 3.05) is 37.1 Å². The number of nitrogens with zero attached hydrogens (tertiary/aromatic N) is 5. The minimum atomic E-state index is -1.41. The lowest BCUT2D eigenvalue weighted by atomic mass is 9.82. The Morgan fingerprint density at radius 2 is 1.48 bits per heavy atom. The van der Waals surface area contributed by atoms with E-state index >= 15 is 0 Å². The number of carboxylic acid groups (broad SMARTS) is 1. The van der Waals surface area contributed by atoms with Gasteiger partial charge >= 0.3 is 30.3 Å². The third-order valence-electron chi connectivity index (χ3n) is 9.58. The number of piperidine rings is 1. The number of pyridine rings is 1. The van der Waals surface area contributed by atoms with Crippen molar-refractivity contribution in [1.82, 2.24) is 14.8 Å². The highest BCUT2D eigenvalue weighted by molar-refractivity contribution is 6.09. The molecule has 1 aromatic heterocycles. The second kappa shape index (κ2) is 17.5. The van der Waals surface area contributed by atoms with Gasteiger partial charge in [0.05, 0.1) is 32.4 Å². The van der Waals surface area contributed by atoms with E-state index in [0.29, 0.717) is 30.7 Å². The zero-order valence-electron chi connectivity index (χ0n) is 34.1. The first-order valence-electron chi connectivity index (χ1n) is 18.9. The summed E-state index contributed by atoms with van der Waals surface area (Å²) in [5.41, 5.74) is 0.708. The van der Waals surface area contributed by atoms with Crippen molar-refractivity contribution >= 4 is 47.7 Å². The lowest BCUT2D eigenvalue weighted by Crippen LogP contribution is -2.69. The van der Waals surface area contributed by atoms with E-state index in [0.717, 1.165) is 28.0 Å². The maximum absolute atomic E-state index is 13.8. The first-order valence-corrected chi connectivity index (χ1v) is 18.9. The summed E-state index contributed by atoms with van der Waals surface area (Å²) < 4.78 is 21.1. The number of aliphatic carboxylic acids is 1. The highest BCUT2D eigenvalue weighted by Gasteiger charge is 2.55. The lowest BCUT2D eigenvalue weighted by molar-refractivity contribution is -0.166. The number of ether oxygens (including phenoxy) is 4. The average molecular weight is 802 g/mol. The molecule has 2 saturated heterocycles. The van der Waals surface area contributed by atoms with Crippen molar-refractivity contribution in [2.45, 2.75) is 90.5 Å². The quantitative estimate of drug-likeness (QED) is 0.173. The number of rotatable bonds is 9. The molecule has 6 amide bonds. The number of aromatic nitrogens is 1. The van der Waals surface area contributed by atoms with E-state index in [9.17, 15) is 33.9 Å². The van der Waals surface area contributed by atoms with Crippen molar-refractivity contribution in [2.24, 2.45) is 5.92 Å². The fourth-order valence-corrected chi connectivity index (χ4v) is 6.86. The molecule has 2 aromatic carbocycles. The number of methoxy groups -OCH3 is 2. The first-order chi connectivity index (χ1) is 27.3. The molecule has 2 aliphatic heterocycles. The molecule has 0 saturated carbocycles. The van der Waals surface area contributed by atoms with Crippen LogP contribution in [0.2, 0.25) is 0 Å². The summed E-state index contributed by atoms with van der Waals surface area (Å²) in [5, 5.41) is 10.3. The molecule has 1 N–H and O–H groups in total. The first kappa shape index (κ1) is 42.9. The summed E-state index contributed by atoms with van der Waals surface area (Å²) in [5.74, 6) is -2.25. The van der Waals surface area contributed by atoms with Crippen molar-refractivity contribution in [3.05, 3.63) is 83.6 Å². The van der Waals surface area contributed by atoms with Crippen LogP contribution in [-0.2, 0) is 36.8 Å². The van der Waals surface area contributed by atoms with Crippen LogP contribution in [0.25, 0.3) is 0 Å². The Bertz CT molecular complexity index is 2010. The number of imide groups is 2. The van der Waals surface area contributed by atoms with Gasteiger partial charge in [0.2, 0.25) is 5.91 Å². The third-order valence-corrected chi connectivity index (χ3v) is 9.58. The van der Waals surface area contributed by atoms with Gasteiger partial charge in [-0.05, 0) is 114 Å². The molecule has 1 unspecified atom stereocenters. The highest BCUT2D eigenvalue weighted by Crippen LogP contribution is 2.35. The van der Waals surface area contributed by atoms with Crippen LogP contribution in [0.4, 0.5) is 30.7 Å². The van der Waals surface area contributed by atoms with Gasteiger partial charge in [0.15, 0.2) is 6.04 Å². The predicted octanol–water partition coefficient (Wildman–Crippen LogP) is 6.99. The van der Waals surface area contributed by atoms with Crippen LogP contribution in [0.1, 0.15) is 77.0 Å². The number of β-lactam (4-membered cyclic amide) rings is 1. The molecule has 3 aromatic rings. The molecule has 5 rings (SSSR count). The zero-order chi connectivity index (χ0) is 42.5. The van der Waals surface area contributed by atoms with Gasteiger partial charge in [-0.15, -0.1) is 0 Å². The number of carboxylic acids is 1. The molecule has 310 valence electrons. The van der Waals surface area contributed by atoms with Crippen molar-refractivity contribution in [3.8, 4) is 5.75 Å². The molecule has 3 atom stereocenters. The summed E-state index contributed by atoms with van der Waals surface area (Å²) in [6, 6.07) is 15.0. The topological polar surface area (TPSA) is 185 Å². The number of likely N-dealkylation sites (tertiary alicyclic amines) is 2. The van der Waals surface area contributed by atoms with E-state index in [-0.39, 0.29) is 36.9 Å². The van der Waals surface area contributed by atoms with Crippen LogP contribution >= 0.6 is 0 Å². The van der Waals surface area contributed by atoms with Crippen LogP contribution in [0.15, 0.2) is 66.9 Å². The molecule has 16 nitrogen and oxygen atoms in total. The predicted molar refractivity (Wildman–Crippen MR) is 212 cm³/mol. The van der Waals surface area contributed by atoms with Crippen molar-refractivity contribution in [3.63, 3.8) is 0 Å². The summed E-state index contributed by atoms with van der Waals surface area (Å²) in [6.07, 6.45) is 0.301. The van der Waals surface area contributed by atoms with Crippen molar-refractivity contribution in [1.29, 1.82) is 0 Å². The Morgan fingerprint density at radius 3 is 2.07 bits per heavy atom. The fourth-order valence-electron chi connectivity index (χ4n) is 6.86. The molecule has 2 aliphatic rings. The average Bonchev–Trinajstić information content (AvgIpc) is 3.16. The normalized spacial score (nSPS) is 18.1. The Hall–Kier alpha value is -6.19. The molecule has 2 fully saturated rings. The number of carbonyl (C=O) groups excluding carboxylic acids is 5. The van der Waals surface area contributed by atoms with Crippen molar-refractivity contribution < 1.29 is 52.8 Å². The van der Waals surface area contributed by atoms with E-state index < -0.39 is 59.3 Å². The van der Waals surface area contributed by atoms with Crippen LogP contribution in [0, 0.1) is 5.92 Å². The molecule has 3 heterocycles. The van der Waals surface area contributed by atoms with E-state index in [4.69, 9.17) is 18.9 Å². The van der Waals surface area contributed by atoms with Crippen LogP contribution in [-0.4, -0.2) is 101 Å². The third kappa shape index (κ3) is 10.2. The number of urea groups is 1. The minimum absolute atomic E-state index is 0.0132. The standard InChI is InChI=1S/C42H51N5O11/c1-41(2,3)57-38(52)45(24-26-11-17-31(55-7)18-12-26)33-23-27(19-20-43-33)22-32-34(36(49)50)47(35(32)48)37(51)44-21-9-10-29(25-44)28-13-15-30(16-14-28)46(39(53)56-8)40(54)58-42(4,5)6/h11-20,23,29,32,34H,9-10,21-22,24-25H2,1-8H3,(H,49,50)/t29?,32-,34+/m1/s1. The summed E-state index contributed by atoms with van der Waals surface area (Å²) in [7, 11) is 2.71. The maximum atomic E-state index is 13.8. The number of anilines is 2. The highest BCUT2D eigenvalue weighted by atomic mass is 16.6. The SMILES string of the molecule is COC(=O)N(C(=O)OC(C)(C)C)c1ccc(C2CCCN(C(=O)N3C(=O)[C@H](Cc4ccnc(N(Cc5ccc(OC)cc5)C(=O)OC(C)(C)C)c4)[C@H]3C(=O)O)C2)cc1. The second-order valence-electron chi connectivity index (χ2n) is 16.2. The number of carbonyl (C=O) groups is 6. The molecule has 58 heavy (non-hydrogen) atoms. The van der Waals surface area contributed by atoms with Gasteiger partial charge < -0.3 is 29.0 Å². The molecular weight excluding hydrogens is 750 g/mol. The number of hydrogen-bond donors (Lipinski definition) is 1. The molecule has 0 aliphatic carbocycles. The molecular formula is C42H51N5O11. The number of amides is 6. The summed E-state index contributed by atoms with van der Waals surface area (Å²) in [6.45, 7) is 10.9. The summed E-state index contributed by atoms with van der Waals surface area (Å²) >= 11 is 0. The molecule has 16 heteroatoms. The van der Waals surface area contributed by atoms with E-state index in [2.05, 4.69) is 4.98 Å². The van der Waals surface area contributed by atoms with Crippen LogP contribution in [0.5, 0.6) is 5.75 Å². The molecule has 0 bridgehead atoms. The lowest BCUT2D eigenvalue weighted by Gasteiger charge is -2.46. The number of hydrogen-bond acceptors (Lipinski definition) is 11. The molecule has 0 spiro atoms. The minimum Gasteiger partial charge on any atom is -0.497 e. The maximum Gasteiger partial charge on any atom is 0.424 e. The van der Waals surface area contributed by atoms with E-state index in [1.165, 1.54) is 16.0 Å². The zero-order valence-corrected chi connectivity index (χ0v) is 34.1. The smallest absolute Gasteiger partial charge is 0.424 e. The van der Waals surface area contributed by atoms with Gasteiger partial charge in [-0.2, -0.15) is 4.90 Å². The van der Waals surface area contributed by atoms with Gasteiger partial charge in [-0.25, -0.2) is 33.9 Å². The molecule has 0 radical (unpaired) electrons. The van der Waals surface area contributed by atoms with Gasteiger partial charge in [-0.1, -0.05) is 24.3 Å². The Labute approximate surface area is 337 Å². The number of benzene rings is 2. The van der Waals surface area contributed by atoms with Gasteiger partial charge in [-0.3, -0.25) is 9.69 Å². The van der Waals surface area contributed by atoms with Crippen LogP contribution < -0.4 is 14.5 Å². The second-order valence-corrected chi connectivity index (χ2v) is 16.2. The monoisotopic (exact) mass is 801 g/mol. The van der Waals surface area contributed by atoms with Gasteiger partial charge in [0.25, 0.3) is 0 Å².